The molecule has 3 atom stereocenters. The molecule has 2 fully saturated rings. The van der Waals surface area contributed by atoms with Gasteiger partial charge in [0, 0.05) is 18.5 Å². The monoisotopic (exact) mass is 185 g/mol. The van der Waals surface area contributed by atoms with Crippen LogP contribution in [0.15, 0.2) is 12.7 Å². The summed E-state index contributed by atoms with van der Waals surface area (Å²) in [6, 6.07) is 0.345. The number of nitrogens with zero attached hydrogens (tertiary/aromatic N) is 1. The molecule has 1 amide bonds. The molecule has 0 aromatic heterocycles. The van der Waals surface area contributed by atoms with E-state index < -0.39 is 0 Å². The minimum absolute atomic E-state index is 0.101. The molecule has 3 heteroatoms. The van der Waals surface area contributed by atoms with Gasteiger partial charge in [-0.05, 0) is 12.8 Å². The molecule has 2 saturated heterocycles. The van der Waals surface area contributed by atoms with Crippen LogP contribution in [-0.2, 0) is 4.79 Å². The van der Waals surface area contributed by atoms with Gasteiger partial charge in [-0.3, -0.25) is 4.79 Å². The third-order valence-corrected chi connectivity index (χ3v) is 3.35. The van der Waals surface area contributed by atoms with Crippen molar-refractivity contribution in [2.45, 2.75) is 24.3 Å². The fourth-order valence-corrected chi connectivity index (χ4v) is 2.66. The summed E-state index contributed by atoms with van der Waals surface area (Å²) in [5.41, 5.74) is 0. The number of amides is 1. The number of halogens is 1. The van der Waals surface area contributed by atoms with Crippen molar-refractivity contribution >= 4 is 17.5 Å². The number of rotatable bonds is 1. The topological polar surface area (TPSA) is 20.3 Å². The van der Waals surface area contributed by atoms with Gasteiger partial charge in [-0.2, -0.15) is 0 Å². The van der Waals surface area contributed by atoms with Gasteiger partial charge in [0.1, 0.15) is 5.38 Å². The van der Waals surface area contributed by atoms with E-state index in [2.05, 4.69) is 6.58 Å². The van der Waals surface area contributed by atoms with Crippen LogP contribution in [0.4, 0.5) is 0 Å². The maximum absolute atomic E-state index is 11.5. The first kappa shape index (κ1) is 8.11. The standard InChI is InChI=1S/C9H12ClNO/c1-2-6-7-4-3-5-11(7)9(12)8(6)10/h2,6-8H,1,3-5H2. The maximum Gasteiger partial charge on any atom is 0.241 e. The number of carbonyl (C=O) groups excluding carboxylic acids is 1. The molecule has 2 heterocycles. The van der Waals surface area contributed by atoms with Gasteiger partial charge in [0.15, 0.2) is 0 Å². The Bertz CT molecular complexity index is 229. The van der Waals surface area contributed by atoms with E-state index in [9.17, 15) is 4.79 Å². The van der Waals surface area contributed by atoms with Crippen LogP contribution < -0.4 is 0 Å². The first-order valence-corrected chi connectivity index (χ1v) is 4.76. The predicted octanol–water partition coefficient (Wildman–Crippen LogP) is 1.40. The van der Waals surface area contributed by atoms with Gasteiger partial charge in [-0.25, -0.2) is 0 Å². The van der Waals surface area contributed by atoms with E-state index in [1.54, 1.807) is 0 Å². The molecule has 0 spiro atoms. The molecular formula is C9H12ClNO. The van der Waals surface area contributed by atoms with Gasteiger partial charge < -0.3 is 4.90 Å². The highest BCUT2D eigenvalue weighted by molar-refractivity contribution is 6.31. The molecule has 3 unspecified atom stereocenters. The Morgan fingerprint density at radius 2 is 2.42 bits per heavy atom. The quantitative estimate of drug-likeness (QED) is 0.447. The van der Waals surface area contributed by atoms with Crippen LogP contribution in [0.5, 0.6) is 0 Å². The van der Waals surface area contributed by atoms with Gasteiger partial charge in [0.2, 0.25) is 5.91 Å². The molecule has 12 heavy (non-hydrogen) atoms. The highest BCUT2D eigenvalue weighted by atomic mass is 35.5. The second kappa shape index (κ2) is 2.77. The smallest absolute Gasteiger partial charge is 0.241 e. The van der Waals surface area contributed by atoms with E-state index >= 15 is 0 Å². The molecule has 2 rings (SSSR count). The predicted molar refractivity (Wildman–Crippen MR) is 48.1 cm³/mol. The van der Waals surface area contributed by atoms with E-state index in [-0.39, 0.29) is 17.2 Å². The van der Waals surface area contributed by atoms with Crippen LogP contribution in [0.1, 0.15) is 12.8 Å². The highest BCUT2D eigenvalue weighted by Crippen LogP contribution is 2.36. The van der Waals surface area contributed by atoms with Gasteiger partial charge in [-0.15, -0.1) is 18.2 Å². The van der Waals surface area contributed by atoms with Crippen molar-refractivity contribution in [2.24, 2.45) is 5.92 Å². The van der Waals surface area contributed by atoms with E-state index in [1.165, 1.54) is 0 Å². The number of hydrogen-bond acceptors (Lipinski definition) is 1. The zero-order chi connectivity index (χ0) is 8.72. The number of hydrogen-bond donors (Lipinski definition) is 0. The average Bonchev–Trinajstić information content (AvgIpc) is 2.59. The summed E-state index contributed by atoms with van der Waals surface area (Å²) in [6.45, 7) is 4.61. The Hall–Kier alpha value is -0.500. The summed E-state index contributed by atoms with van der Waals surface area (Å²) >= 11 is 5.97. The van der Waals surface area contributed by atoms with Crippen LogP contribution in [0, 0.1) is 5.92 Å². The summed E-state index contributed by atoms with van der Waals surface area (Å²) in [5, 5.41) is -0.354. The Balaban J connectivity index is 2.26. The fourth-order valence-electron chi connectivity index (χ4n) is 2.26. The second-order valence-electron chi connectivity index (χ2n) is 3.46. The molecule has 2 aliphatic rings. The van der Waals surface area contributed by atoms with E-state index in [0.717, 1.165) is 19.4 Å². The van der Waals surface area contributed by atoms with Crippen LogP contribution in [0.2, 0.25) is 0 Å². The molecule has 0 bridgehead atoms. The molecular weight excluding hydrogens is 174 g/mol. The third-order valence-electron chi connectivity index (χ3n) is 2.87. The lowest BCUT2D eigenvalue weighted by Crippen LogP contribution is -2.29. The largest absolute Gasteiger partial charge is 0.338 e. The lowest BCUT2D eigenvalue weighted by Gasteiger charge is -2.16. The van der Waals surface area contributed by atoms with Crippen molar-refractivity contribution < 1.29 is 4.79 Å². The third kappa shape index (κ3) is 0.908. The summed E-state index contributed by atoms with van der Waals surface area (Å²) < 4.78 is 0. The Morgan fingerprint density at radius 1 is 1.67 bits per heavy atom. The molecule has 0 aromatic carbocycles. The molecule has 0 aromatic rings. The highest BCUT2D eigenvalue weighted by Gasteiger charge is 2.47. The van der Waals surface area contributed by atoms with E-state index in [0.29, 0.717) is 6.04 Å². The Kier molecular flexibility index (Phi) is 1.87. The average molecular weight is 186 g/mol. The number of alkyl halides is 1. The summed E-state index contributed by atoms with van der Waals surface area (Å²) in [4.78, 5) is 13.4. The van der Waals surface area contributed by atoms with Crippen LogP contribution >= 0.6 is 11.6 Å². The minimum atomic E-state index is -0.354. The van der Waals surface area contributed by atoms with Crippen molar-refractivity contribution in [3.05, 3.63) is 12.7 Å². The van der Waals surface area contributed by atoms with Gasteiger partial charge in [0.05, 0.1) is 0 Å². The second-order valence-corrected chi connectivity index (χ2v) is 3.93. The molecule has 66 valence electrons. The van der Waals surface area contributed by atoms with Crippen LogP contribution in [0.3, 0.4) is 0 Å². The molecule has 2 aliphatic heterocycles. The molecule has 0 aliphatic carbocycles. The van der Waals surface area contributed by atoms with Gasteiger partial charge in [0.25, 0.3) is 0 Å². The van der Waals surface area contributed by atoms with Crippen molar-refractivity contribution in [1.29, 1.82) is 0 Å². The fraction of sp³-hybridized carbons (Fsp3) is 0.667. The van der Waals surface area contributed by atoms with Crippen LogP contribution in [-0.4, -0.2) is 28.8 Å². The summed E-state index contributed by atoms with van der Waals surface area (Å²) in [7, 11) is 0. The van der Waals surface area contributed by atoms with Crippen LogP contribution in [0.25, 0.3) is 0 Å². The molecule has 2 nitrogen and oxygen atoms in total. The Labute approximate surface area is 77.2 Å². The lowest BCUT2D eigenvalue weighted by molar-refractivity contribution is -0.127. The molecule has 0 radical (unpaired) electrons. The maximum atomic E-state index is 11.5. The summed E-state index contributed by atoms with van der Waals surface area (Å²) in [5.74, 6) is 0.269. The molecule has 0 saturated carbocycles. The van der Waals surface area contributed by atoms with Gasteiger partial charge in [-0.1, -0.05) is 6.08 Å². The first-order valence-electron chi connectivity index (χ1n) is 4.33. The Morgan fingerprint density at radius 3 is 3.08 bits per heavy atom. The SMILES string of the molecule is C=CC1C(Cl)C(=O)N2CCCC12. The van der Waals surface area contributed by atoms with Crippen molar-refractivity contribution in [3.63, 3.8) is 0 Å². The normalized spacial score (nSPS) is 40.2. The zero-order valence-corrected chi connectivity index (χ0v) is 7.63. The van der Waals surface area contributed by atoms with Gasteiger partial charge >= 0.3 is 0 Å². The minimum Gasteiger partial charge on any atom is -0.338 e. The van der Waals surface area contributed by atoms with Crippen molar-refractivity contribution in [1.82, 2.24) is 4.90 Å². The zero-order valence-electron chi connectivity index (χ0n) is 6.87. The van der Waals surface area contributed by atoms with E-state index in [4.69, 9.17) is 11.6 Å². The first-order chi connectivity index (χ1) is 5.75. The lowest BCUT2D eigenvalue weighted by atomic mass is 9.98. The summed E-state index contributed by atoms with van der Waals surface area (Å²) in [6.07, 6.45) is 4.03. The van der Waals surface area contributed by atoms with Crippen molar-refractivity contribution in [3.8, 4) is 0 Å². The number of fused-ring (bicyclic) bond motifs is 1. The molecule has 0 N–H and O–H groups in total. The number of carbonyl (C=O) groups is 1. The van der Waals surface area contributed by atoms with Crippen molar-refractivity contribution in [2.75, 3.05) is 6.54 Å². The van der Waals surface area contributed by atoms with E-state index in [1.807, 2.05) is 11.0 Å².